The standard InChI is InChI=1S/C18H24O2/c19-18(17-10-12-20-13-11-17)16-8-6-15(7-9-16)14-4-2-1-3-5-14/h6-9,14,17H,1-5,10-13H2. The van der Waals surface area contributed by atoms with Crippen LogP contribution in [0.15, 0.2) is 24.3 Å². The van der Waals surface area contributed by atoms with Crippen molar-refractivity contribution in [1.29, 1.82) is 0 Å². The summed E-state index contributed by atoms with van der Waals surface area (Å²) >= 11 is 0. The van der Waals surface area contributed by atoms with E-state index in [-0.39, 0.29) is 5.92 Å². The molecule has 0 atom stereocenters. The van der Waals surface area contributed by atoms with Gasteiger partial charge in [-0.15, -0.1) is 0 Å². The van der Waals surface area contributed by atoms with Gasteiger partial charge in [0.05, 0.1) is 0 Å². The number of benzene rings is 1. The lowest BCUT2D eigenvalue weighted by molar-refractivity contribution is 0.0545. The van der Waals surface area contributed by atoms with E-state index < -0.39 is 0 Å². The van der Waals surface area contributed by atoms with Gasteiger partial charge in [-0.1, -0.05) is 43.5 Å². The molecule has 0 unspecified atom stereocenters. The van der Waals surface area contributed by atoms with Crippen LogP contribution in [0.4, 0.5) is 0 Å². The predicted octanol–water partition coefficient (Wildman–Crippen LogP) is 4.34. The summed E-state index contributed by atoms with van der Waals surface area (Å²) in [5.41, 5.74) is 2.31. The van der Waals surface area contributed by atoms with E-state index in [1.54, 1.807) is 0 Å². The molecule has 1 aliphatic heterocycles. The molecule has 1 aromatic rings. The Morgan fingerprint density at radius 1 is 0.900 bits per heavy atom. The summed E-state index contributed by atoms with van der Waals surface area (Å²) in [5.74, 6) is 1.20. The highest BCUT2D eigenvalue weighted by Crippen LogP contribution is 2.32. The molecule has 1 saturated carbocycles. The Labute approximate surface area is 121 Å². The topological polar surface area (TPSA) is 26.3 Å². The molecule has 2 nitrogen and oxygen atoms in total. The first-order valence-electron chi connectivity index (χ1n) is 8.06. The molecule has 1 aliphatic carbocycles. The highest BCUT2D eigenvalue weighted by Gasteiger charge is 2.23. The fraction of sp³-hybridized carbons (Fsp3) is 0.611. The van der Waals surface area contributed by atoms with Gasteiger partial charge in [-0.25, -0.2) is 0 Å². The Balaban J connectivity index is 1.67. The molecular formula is C18H24O2. The number of rotatable bonds is 3. The van der Waals surface area contributed by atoms with Crippen molar-refractivity contribution in [1.82, 2.24) is 0 Å². The average Bonchev–Trinajstić information content (AvgIpc) is 2.56. The summed E-state index contributed by atoms with van der Waals surface area (Å²) < 4.78 is 5.33. The lowest BCUT2D eigenvalue weighted by Gasteiger charge is -2.23. The Hall–Kier alpha value is -1.15. The van der Waals surface area contributed by atoms with Gasteiger partial charge in [-0.2, -0.15) is 0 Å². The molecule has 2 fully saturated rings. The Morgan fingerprint density at radius 3 is 2.20 bits per heavy atom. The SMILES string of the molecule is O=C(c1ccc(C2CCCCC2)cc1)C1CCOCC1. The van der Waals surface area contributed by atoms with E-state index in [0.717, 1.165) is 37.5 Å². The number of carbonyl (C=O) groups is 1. The number of carbonyl (C=O) groups excluding carboxylic acids is 1. The van der Waals surface area contributed by atoms with Gasteiger partial charge >= 0.3 is 0 Å². The fourth-order valence-corrected chi connectivity index (χ4v) is 3.55. The summed E-state index contributed by atoms with van der Waals surface area (Å²) in [4.78, 5) is 12.4. The molecule has 1 aromatic carbocycles. The molecule has 108 valence electrons. The van der Waals surface area contributed by atoms with Gasteiger partial charge in [0, 0.05) is 24.7 Å². The fourth-order valence-electron chi connectivity index (χ4n) is 3.55. The van der Waals surface area contributed by atoms with E-state index in [4.69, 9.17) is 4.74 Å². The Morgan fingerprint density at radius 2 is 1.55 bits per heavy atom. The van der Waals surface area contributed by atoms with Gasteiger partial charge in [0.2, 0.25) is 0 Å². The molecule has 1 saturated heterocycles. The van der Waals surface area contributed by atoms with Crippen molar-refractivity contribution in [3.8, 4) is 0 Å². The minimum absolute atomic E-state index is 0.171. The van der Waals surface area contributed by atoms with Crippen molar-refractivity contribution in [2.75, 3.05) is 13.2 Å². The zero-order chi connectivity index (χ0) is 13.8. The van der Waals surface area contributed by atoms with Crippen molar-refractivity contribution < 1.29 is 9.53 Å². The lowest BCUT2D eigenvalue weighted by Crippen LogP contribution is -2.23. The first-order chi connectivity index (χ1) is 9.84. The van der Waals surface area contributed by atoms with E-state index in [1.165, 1.54) is 37.7 Å². The molecule has 0 radical (unpaired) electrons. The third kappa shape index (κ3) is 3.12. The van der Waals surface area contributed by atoms with E-state index in [2.05, 4.69) is 12.1 Å². The van der Waals surface area contributed by atoms with Gasteiger partial charge in [0.15, 0.2) is 5.78 Å². The van der Waals surface area contributed by atoms with Crippen LogP contribution in [0.25, 0.3) is 0 Å². The van der Waals surface area contributed by atoms with Crippen molar-refractivity contribution in [3.05, 3.63) is 35.4 Å². The molecule has 0 N–H and O–H groups in total. The summed E-state index contributed by atoms with van der Waals surface area (Å²) in [7, 11) is 0. The Kier molecular flexibility index (Phi) is 4.51. The van der Waals surface area contributed by atoms with Crippen LogP contribution in [0.2, 0.25) is 0 Å². The van der Waals surface area contributed by atoms with Crippen LogP contribution in [0.5, 0.6) is 0 Å². The molecule has 0 bridgehead atoms. The second-order valence-corrected chi connectivity index (χ2v) is 6.21. The second-order valence-electron chi connectivity index (χ2n) is 6.21. The van der Waals surface area contributed by atoms with E-state index in [0.29, 0.717) is 5.78 Å². The maximum atomic E-state index is 12.4. The van der Waals surface area contributed by atoms with Crippen LogP contribution in [0.3, 0.4) is 0 Å². The van der Waals surface area contributed by atoms with E-state index in [9.17, 15) is 4.79 Å². The highest BCUT2D eigenvalue weighted by molar-refractivity contribution is 5.97. The average molecular weight is 272 g/mol. The van der Waals surface area contributed by atoms with Gasteiger partial charge in [-0.3, -0.25) is 4.79 Å². The largest absolute Gasteiger partial charge is 0.381 e. The molecule has 0 amide bonds. The molecule has 1 heterocycles. The number of ketones is 1. The molecule has 0 spiro atoms. The van der Waals surface area contributed by atoms with Crippen LogP contribution < -0.4 is 0 Å². The Bertz CT molecular complexity index is 437. The summed E-state index contributed by atoms with van der Waals surface area (Å²) in [6.45, 7) is 1.47. The summed E-state index contributed by atoms with van der Waals surface area (Å²) in [6, 6.07) is 8.45. The van der Waals surface area contributed by atoms with Crippen LogP contribution in [-0.2, 0) is 4.74 Å². The van der Waals surface area contributed by atoms with Gasteiger partial charge < -0.3 is 4.74 Å². The molecule has 3 rings (SSSR count). The normalized spacial score (nSPS) is 21.8. The lowest BCUT2D eigenvalue weighted by atomic mass is 9.83. The van der Waals surface area contributed by atoms with Gasteiger partial charge in [0.1, 0.15) is 0 Å². The summed E-state index contributed by atoms with van der Waals surface area (Å²) in [5, 5.41) is 0. The monoisotopic (exact) mass is 272 g/mol. The molecule has 2 heteroatoms. The number of Topliss-reactive ketones (excluding diaryl/α,β-unsaturated/α-hetero) is 1. The first kappa shape index (κ1) is 13.8. The molecular weight excluding hydrogens is 248 g/mol. The number of ether oxygens (including phenoxy) is 1. The minimum Gasteiger partial charge on any atom is -0.381 e. The van der Waals surface area contributed by atoms with E-state index in [1.807, 2.05) is 12.1 Å². The summed E-state index contributed by atoms with van der Waals surface area (Å²) in [6.07, 6.45) is 8.48. The molecule has 2 aliphatic rings. The van der Waals surface area contributed by atoms with Gasteiger partial charge in [0.25, 0.3) is 0 Å². The second kappa shape index (κ2) is 6.53. The maximum absolute atomic E-state index is 12.4. The van der Waals surface area contributed by atoms with Crippen LogP contribution in [-0.4, -0.2) is 19.0 Å². The number of hydrogen-bond acceptors (Lipinski definition) is 2. The van der Waals surface area contributed by atoms with Crippen molar-refractivity contribution in [2.24, 2.45) is 5.92 Å². The highest BCUT2D eigenvalue weighted by atomic mass is 16.5. The zero-order valence-electron chi connectivity index (χ0n) is 12.1. The van der Waals surface area contributed by atoms with Crippen LogP contribution in [0.1, 0.15) is 66.8 Å². The maximum Gasteiger partial charge on any atom is 0.166 e. The zero-order valence-corrected chi connectivity index (χ0v) is 12.1. The first-order valence-corrected chi connectivity index (χ1v) is 8.06. The van der Waals surface area contributed by atoms with Crippen molar-refractivity contribution >= 4 is 5.78 Å². The van der Waals surface area contributed by atoms with Crippen LogP contribution >= 0.6 is 0 Å². The smallest absolute Gasteiger partial charge is 0.166 e. The minimum atomic E-state index is 0.171. The predicted molar refractivity (Wildman–Crippen MR) is 80.1 cm³/mol. The quantitative estimate of drug-likeness (QED) is 0.765. The number of hydrogen-bond donors (Lipinski definition) is 0. The molecule has 0 aromatic heterocycles. The third-order valence-corrected chi connectivity index (χ3v) is 4.86. The third-order valence-electron chi connectivity index (χ3n) is 4.86. The van der Waals surface area contributed by atoms with Crippen LogP contribution in [0, 0.1) is 5.92 Å². The van der Waals surface area contributed by atoms with Crippen molar-refractivity contribution in [3.63, 3.8) is 0 Å². The van der Waals surface area contributed by atoms with Gasteiger partial charge in [-0.05, 0) is 37.2 Å². The van der Waals surface area contributed by atoms with E-state index >= 15 is 0 Å². The van der Waals surface area contributed by atoms with Crippen molar-refractivity contribution in [2.45, 2.75) is 50.9 Å². The molecule has 20 heavy (non-hydrogen) atoms.